The number of amides is 2. The lowest BCUT2D eigenvalue weighted by Gasteiger charge is -2.40. The van der Waals surface area contributed by atoms with E-state index in [2.05, 4.69) is 16.9 Å². The first-order valence-corrected chi connectivity index (χ1v) is 8.89. The van der Waals surface area contributed by atoms with Crippen molar-refractivity contribution in [3.63, 3.8) is 0 Å². The number of halogens is 1. The molecule has 5 nitrogen and oxygen atoms in total. The van der Waals surface area contributed by atoms with Crippen LogP contribution in [0.25, 0.3) is 0 Å². The molecule has 0 aliphatic heterocycles. The number of rotatable bonds is 5. The third-order valence-electron chi connectivity index (χ3n) is 3.73. The molecular weight excluding hydrogens is 403 g/mol. The summed E-state index contributed by atoms with van der Waals surface area (Å²) in [6, 6.07) is 4.54. The number of aromatic carboxylic acids is 1. The second kappa shape index (κ2) is 6.87. The SMILES string of the molecule is CSC1(CNC(=O)Nc2ccc(I)cc2C(=O)O)CCC1. The van der Waals surface area contributed by atoms with Gasteiger partial charge in [-0.2, -0.15) is 11.8 Å². The van der Waals surface area contributed by atoms with Crippen molar-refractivity contribution in [1.82, 2.24) is 5.32 Å². The summed E-state index contributed by atoms with van der Waals surface area (Å²) in [5.41, 5.74) is 0.410. The minimum absolute atomic E-state index is 0.0975. The Hall–Kier alpha value is -0.960. The molecule has 114 valence electrons. The number of carboxylic acids is 1. The zero-order valence-corrected chi connectivity index (χ0v) is 14.6. The van der Waals surface area contributed by atoms with Crippen molar-refractivity contribution < 1.29 is 14.7 Å². The van der Waals surface area contributed by atoms with E-state index >= 15 is 0 Å². The third kappa shape index (κ3) is 4.03. The standard InChI is InChI=1S/C14H17IN2O3S/c1-21-14(5-2-6-14)8-16-13(20)17-11-4-3-9(15)7-10(11)12(18)19/h3-4,7H,2,5-6,8H2,1H3,(H,18,19)(H2,16,17,20). The highest BCUT2D eigenvalue weighted by molar-refractivity contribution is 14.1. The lowest BCUT2D eigenvalue weighted by Crippen LogP contribution is -2.46. The van der Waals surface area contributed by atoms with Crippen LogP contribution in [0.4, 0.5) is 10.5 Å². The largest absolute Gasteiger partial charge is 0.478 e. The maximum atomic E-state index is 11.9. The molecule has 0 bridgehead atoms. The molecule has 1 aliphatic carbocycles. The van der Waals surface area contributed by atoms with E-state index in [4.69, 9.17) is 5.11 Å². The van der Waals surface area contributed by atoms with E-state index in [0.29, 0.717) is 12.2 Å². The number of carboxylic acid groups (broad SMARTS) is 1. The van der Waals surface area contributed by atoms with Gasteiger partial charge in [0.1, 0.15) is 0 Å². The Bertz CT molecular complexity index is 556. The van der Waals surface area contributed by atoms with Gasteiger partial charge < -0.3 is 15.7 Å². The Morgan fingerprint density at radius 2 is 2.14 bits per heavy atom. The molecule has 2 rings (SSSR count). The van der Waals surface area contributed by atoms with E-state index < -0.39 is 5.97 Å². The maximum absolute atomic E-state index is 11.9. The highest BCUT2D eigenvalue weighted by Crippen LogP contribution is 2.42. The summed E-state index contributed by atoms with van der Waals surface area (Å²) >= 11 is 3.82. The lowest BCUT2D eigenvalue weighted by atomic mass is 9.84. The molecule has 1 fully saturated rings. The number of hydrogen-bond donors (Lipinski definition) is 3. The van der Waals surface area contributed by atoms with Gasteiger partial charge in [0.05, 0.1) is 11.3 Å². The van der Waals surface area contributed by atoms with Gasteiger partial charge in [0, 0.05) is 14.9 Å². The van der Waals surface area contributed by atoms with Gasteiger partial charge in [-0.3, -0.25) is 0 Å². The number of anilines is 1. The van der Waals surface area contributed by atoms with Crippen LogP contribution in [0.1, 0.15) is 29.6 Å². The number of nitrogens with one attached hydrogen (secondary N) is 2. The molecule has 21 heavy (non-hydrogen) atoms. The summed E-state index contributed by atoms with van der Waals surface area (Å²) in [7, 11) is 0. The van der Waals surface area contributed by atoms with E-state index in [9.17, 15) is 9.59 Å². The number of carbonyl (C=O) groups excluding carboxylic acids is 1. The number of thioether (sulfide) groups is 1. The molecule has 0 atom stereocenters. The van der Waals surface area contributed by atoms with Crippen molar-refractivity contribution >= 4 is 52.0 Å². The summed E-state index contributed by atoms with van der Waals surface area (Å²) in [6.45, 7) is 0.604. The fourth-order valence-electron chi connectivity index (χ4n) is 2.23. The van der Waals surface area contributed by atoms with E-state index in [-0.39, 0.29) is 16.3 Å². The average Bonchev–Trinajstić information content (AvgIpc) is 2.40. The summed E-state index contributed by atoms with van der Waals surface area (Å²) < 4.78 is 0.964. The summed E-state index contributed by atoms with van der Waals surface area (Å²) in [5.74, 6) is -1.05. The molecule has 1 aliphatic rings. The van der Waals surface area contributed by atoms with Crippen molar-refractivity contribution in [3.8, 4) is 0 Å². The molecule has 1 aromatic rings. The molecule has 0 aromatic heterocycles. The van der Waals surface area contributed by atoms with E-state index in [1.807, 2.05) is 22.6 Å². The van der Waals surface area contributed by atoms with Gasteiger partial charge in [0.15, 0.2) is 0 Å². The maximum Gasteiger partial charge on any atom is 0.337 e. The lowest BCUT2D eigenvalue weighted by molar-refractivity contribution is 0.0698. The van der Waals surface area contributed by atoms with Crippen molar-refractivity contribution in [2.24, 2.45) is 0 Å². The fourth-order valence-corrected chi connectivity index (χ4v) is 3.64. The molecule has 1 saturated carbocycles. The fraction of sp³-hybridized carbons (Fsp3) is 0.429. The second-order valence-corrected chi connectivity index (χ2v) is 7.56. The van der Waals surface area contributed by atoms with E-state index in [1.54, 1.807) is 23.9 Å². The minimum Gasteiger partial charge on any atom is -0.478 e. The third-order valence-corrected chi connectivity index (χ3v) is 5.82. The Kier molecular flexibility index (Phi) is 5.37. The first kappa shape index (κ1) is 16.4. The van der Waals surface area contributed by atoms with E-state index in [0.717, 1.165) is 16.4 Å². The highest BCUT2D eigenvalue weighted by Gasteiger charge is 2.36. The van der Waals surface area contributed by atoms with Crippen molar-refractivity contribution in [2.75, 3.05) is 18.1 Å². The molecule has 0 radical (unpaired) electrons. The van der Waals surface area contributed by atoms with Crippen LogP contribution in [0.3, 0.4) is 0 Å². The number of benzene rings is 1. The predicted molar refractivity (Wildman–Crippen MR) is 93.2 cm³/mol. The van der Waals surface area contributed by atoms with Crippen LogP contribution in [0.5, 0.6) is 0 Å². The quantitative estimate of drug-likeness (QED) is 0.639. The molecule has 0 spiro atoms. The van der Waals surface area contributed by atoms with Crippen LogP contribution >= 0.6 is 34.4 Å². The summed E-state index contributed by atoms with van der Waals surface area (Å²) in [5, 5.41) is 14.6. The van der Waals surface area contributed by atoms with Gasteiger partial charge in [0.2, 0.25) is 0 Å². The van der Waals surface area contributed by atoms with Crippen molar-refractivity contribution in [3.05, 3.63) is 27.3 Å². The topological polar surface area (TPSA) is 78.4 Å². The number of hydrogen-bond acceptors (Lipinski definition) is 3. The zero-order chi connectivity index (χ0) is 15.5. The first-order valence-electron chi connectivity index (χ1n) is 6.59. The van der Waals surface area contributed by atoms with Gasteiger partial charge in [-0.25, -0.2) is 9.59 Å². The molecule has 2 amide bonds. The van der Waals surface area contributed by atoms with Crippen molar-refractivity contribution in [1.29, 1.82) is 0 Å². The van der Waals surface area contributed by atoms with Crippen LogP contribution in [0, 0.1) is 3.57 Å². The Morgan fingerprint density at radius 3 is 2.67 bits per heavy atom. The molecule has 3 N–H and O–H groups in total. The molecule has 0 unspecified atom stereocenters. The van der Waals surface area contributed by atoms with E-state index in [1.165, 1.54) is 12.5 Å². The average molecular weight is 420 g/mol. The molecule has 0 heterocycles. The Morgan fingerprint density at radius 1 is 1.43 bits per heavy atom. The smallest absolute Gasteiger partial charge is 0.337 e. The Labute approximate surface area is 141 Å². The van der Waals surface area contributed by atoms with Crippen LogP contribution in [0.2, 0.25) is 0 Å². The molecule has 0 saturated heterocycles. The van der Waals surface area contributed by atoms with Gasteiger partial charge >= 0.3 is 12.0 Å². The Balaban J connectivity index is 1.98. The van der Waals surface area contributed by atoms with Crippen LogP contribution in [0.15, 0.2) is 18.2 Å². The molecule has 1 aromatic carbocycles. The molecular formula is C14H17IN2O3S. The predicted octanol–water partition coefficient (Wildman–Crippen LogP) is 3.40. The van der Waals surface area contributed by atoms with Gasteiger partial charge in [-0.15, -0.1) is 0 Å². The molecule has 7 heteroatoms. The summed E-state index contributed by atoms with van der Waals surface area (Å²) in [4.78, 5) is 23.1. The van der Waals surface area contributed by atoms with Crippen molar-refractivity contribution in [2.45, 2.75) is 24.0 Å². The van der Waals surface area contributed by atoms with Gasteiger partial charge in [-0.1, -0.05) is 6.42 Å². The normalized spacial score (nSPS) is 15.9. The number of carbonyl (C=O) groups is 2. The van der Waals surface area contributed by atoms with Crippen LogP contribution in [-0.2, 0) is 0 Å². The monoisotopic (exact) mass is 420 g/mol. The highest BCUT2D eigenvalue weighted by atomic mass is 127. The first-order chi connectivity index (χ1) is 9.96. The van der Waals surface area contributed by atoms with Crippen LogP contribution < -0.4 is 10.6 Å². The minimum atomic E-state index is -1.05. The zero-order valence-electron chi connectivity index (χ0n) is 11.6. The van der Waals surface area contributed by atoms with Gasteiger partial charge in [0.25, 0.3) is 0 Å². The summed E-state index contributed by atoms with van der Waals surface area (Å²) in [6.07, 6.45) is 5.47. The second-order valence-electron chi connectivity index (χ2n) is 5.04. The van der Waals surface area contributed by atoms with Gasteiger partial charge in [-0.05, 0) is 59.9 Å². The van der Waals surface area contributed by atoms with Crippen LogP contribution in [-0.4, -0.2) is 34.7 Å². The number of urea groups is 1.